The van der Waals surface area contributed by atoms with Crippen molar-refractivity contribution in [3.8, 4) is 5.69 Å². The molecule has 0 fully saturated rings. The van der Waals surface area contributed by atoms with E-state index in [0.717, 1.165) is 5.39 Å². The van der Waals surface area contributed by atoms with Crippen LogP contribution in [0, 0.1) is 0 Å². The highest BCUT2D eigenvalue weighted by Crippen LogP contribution is 2.29. The summed E-state index contributed by atoms with van der Waals surface area (Å²) < 4.78 is 1.64. The third kappa shape index (κ3) is 3.50. The molecule has 164 valence electrons. The average Bonchev–Trinajstić information content (AvgIpc) is 3.25. The van der Waals surface area contributed by atoms with E-state index in [1.807, 2.05) is 55.5 Å². The summed E-state index contributed by atoms with van der Waals surface area (Å²) >= 11 is 6.39. The first-order valence-corrected chi connectivity index (χ1v) is 10.6. The van der Waals surface area contributed by atoms with Crippen LogP contribution in [-0.4, -0.2) is 25.4 Å². The summed E-state index contributed by atoms with van der Waals surface area (Å²) in [5, 5.41) is 5.40. The van der Waals surface area contributed by atoms with Crippen LogP contribution in [-0.2, 0) is 0 Å². The molecule has 0 spiro atoms. The summed E-state index contributed by atoms with van der Waals surface area (Å²) in [6.07, 6.45) is 2.90. The molecule has 0 aliphatic rings. The third-order valence-electron chi connectivity index (χ3n) is 5.57. The van der Waals surface area contributed by atoms with Crippen molar-refractivity contribution in [1.29, 1.82) is 0 Å². The molecule has 33 heavy (non-hydrogen) atoms. The van der Waals surface area contributed by atoms with E-state index < -0.39 is 5.91 Å². The Morgan fingerprint density at radius 2 is 1.91 bits per heavy atom. The van der Waals surface area contributed by atoms with Gasteiger partial charge in [0.1, 0.15) is 17.8 Å². The minimum Gasteiger partial charge on any atom is -0.366 e. The molecule has 8 nitrogen and oxygen atoms in total. The van der Waals surface area contributed by atoms with Crippen molar-refractivity contribution < 1.29 is 4.79 Å². The number of rotatable bonds is 5. The number of hydrogen-bond acceptors (Lipinski definition) is 5. The zero-order valence-corrected chi connectivity index (χ0v) is 18.3. The lowest BCUT2D eigenvalue weighted by Gasteiger charge is -2.22. The number of nitrogens with zero attached hydrogens (tertiary/aromatic N) is 3. The first-order chi connectivity index (χ1) is 16.0. The Kier molecular flexibility index (Phi) is 5.07. The Bertz CT molecular complexity index is 1580. The molecule has 1 amide bonds. The highest BCUT2D eigenvalue weighted by Gasteiger charge is 2.21. The standard InChI is InChI=1S/C24H19ClN6O2/c1-13(30-23-20-16(21(26)32)11-27-22(20)28-12-29-23)18-10-14-6-5-9-17(25)19(14)24(33)31(18)15-7-3-2-4-8-15/h2-13H,1H3,(H2,26,32)(H2,27,28,29,30)/t13-/m0/s1. The number of pyridine rings is 1. The van der Waals surface area contributed by atoms with Crippen molar-refractivity contribution in [1.82, 2.24) is 19.5 Å². The number of carbonyl (C=O) groups excluding carboxylic acids is 1. The maximum Gasteiger partial charge on any atom is 0.264 e. The van der Waals surface area contributed by atoms with Crippen LogP contribution in [0.1, 0.15) is 29.0 Å². The van der Waals surface area contributed by atoms with Crippen molar-refractivity contribution in [2.24, 2.45) is 5.73 Å². The summed E-state index contributed by atoms with van der Waals surface area (Å²) in [6.45, 7) is 1.91. The lowest BCUT2D eigenvalue weighted by Crippen LogP contribution is -2.26. The monoisotopic (exact) mass is 458 g/mol. The second-order valence-electron chi connectivity index (χ2n) is 7.63. The topological polar surface area (TPSA) is 119 Å². The fourth-order valence-electron chi connectivity index (χ4n) is 4.05. The maximum atomic E-state index is 13.6. The number of primary amides is 1. The predicted octanol–water partition coefficient (Wildman–Crippen LogP) is 4.19. The van der Waals surface area contributed by atoms with Crippen LogP contribution in [0.5, 0.6) is 0 Å². The molecule has 3 heterocycles. The van der Waals surface area contributed by atoms with Gasteiger partial charge >= 0.3 is 0 Å². The molecule has 3 aromatic heterocycles. The number of para-hydroxylation sites is 1. The van der Waals surface area contributed by atoms with Gasteiger partial charge in [0.15, 0.2) is 0 Å². The van der Waals surface area contributed by atoms with Gasteiger partial charge in [0, 0.05) is 17.6 Å². The van der Waals surface area contributed by atoms with Gasteiger partial charge in [-0.05, 0) is 36.6 Å². The molecule has 5 aromatic rings. The molecule has 0 unspecified atom stereocenters. The van der Waals surface area contributed by atoms with Crippen molar-refractivity contribution in [3.05, 3.63) is 93.8 Å². The number of hydrogen-bond donors (Lipinski definition) is 3. The van der Waals surface area contributed by atoms with Gasteiger partial charge in [-0.3, -0.25) is 14.2 Å². The van der Waals surface area contributed by atoms with E-state index in [0.29, 0.717) is 38.6 Å². The van der Waals surface area contributed by atoms with Crippen molar-refractivity contribution in [3.63, 3.8) is 0 Å². The minimum atomic E-state index is -0.590. The fraction of sp³-hybridized carbons (Fsp3) is 0.0833. The summed E-state index contributed by atoms with van der Waals surface area (Å²) in [4.78, 5) is 36.9. The molecule has 9 heteroatoms. The number of H-pyrrole nitrogens is 1. The van der Waals surface area contributed by atoms with Crippen molar-refractivity contribution in [2.45, 2.75) is 13.0 Å². The molecule has 0 aliphatic carbocycles. The number of amides is 1. The molecular weight excluding hydrogens is 440 g/mol. The van der Waals surface area contributed by atoms with Crippen LogP contribution in [0.3, 0.4) is 0 Å². The summed E-state index contributed by atoms with van der Waals surface area (Å²) in [5.74, 6) is -0.158. The van der Waals surface area contributed by atoms with Gasteiger partial charge < -0.3 is 16.0 Å². The lowest BCUT2D eigenvalue weighted by molar-refractivity contribution is 0.100. The molecule has 4 N–H and O–H groups in total. The summed E-state index contributed by atoms with van der Waals surface area (Å²) in [7, 11) is 0. The number of benzene rings is 2. The van der Waals surface area contributed by atoms with Crippen LogP contribution in [0.4, 0.5) is 5.82 Å². The maximum absolute atomic E-state index is 13.6. The van der Waals surface area contributed by atoms with Crippen LogP contribution >= 0.6 is 11.6 Å². The first-order valence-electron chi connectivity index (χ1n) is 10.2. The quantitative estimate of drug-likeness (QED) is 0.365. The number of anilines is 1. The minimum absolute atomic E-state index is 0.222. The van der Waals surface area contributed by atoms with E-state index in [1.165, 1.54) is 12.5 Å². The smallest absolute Gasteiger partial charge is 0.264 e. The van der Waals surface area contributed by atoms with Crippen LogP contribution < -0.4 is 16.6 Å². The van der Waals surface area contributed by atoms with E-state index in [-0.39, 0.29) is 17.2 Å². The second kappa shape index (κ2) is 8.07. The number of nitrogens with one attached hydrogen (secondary N) is 2. The Balaban J connectivity index is 1.71. The van der Waals surface area contributed by atoms with Crippen LogP contribution in [0.15, 0.2) is 71.9 Å². The zero-order chi connectivity index (χ0) is 23.1. The van der Waals surface area contributed by atoms with Gasteiger partial charge in [-0.15, -0.1) is 0 Å². The normalized spacial score (nSPS) is 12.2. The van der Waals surface area contributed by atoms with Crippen LogP contribution in [0.2, 0.25) is 5.02 Å². The Labute approximate surface area is 193 Å². The number of aromatic amines is 1. The summed E-state index contributed by atoms with van der Waals surface area (Å²) in [6, 6.07) is 16.3. The Morgan fingerprint density at radius 1 is 1.12 bits per heavy atom. The van der Waals surface area contributed by atoms with E-state index in [1.54, 1.807) is 10.6 Å². The van der Waals surface area contributed by atoms with E-state index in [4.69, 9.17) is 17.3 Å². The molecule has 1 atom stereocenters. The molecule has 2 aromatic carbocycles. The number of aromatic nitrogens is 4. The molecule has 0 saturated carbocycles. The fourth-order valence-corrected chi connectivity index (χ4v) is 4.31. The van der Waals surface area contributed by atoms with Gasteiger partial charge in [0.2, 0.25) is 0 Å². The van der Waals surface area contributed by atoms with Gasteiger partial charge in [0.25, 0.3) is 11.5 Å². The van der Waals surface area contributed by atoms with Gasteiger partial charge in [-0.1, -0.05) is 41.9 Å². The number of nitrogens with two attached hydrogens (primary N) is 1. The van der Waals surface area contributed by atoms with E-state index in [9.17, 15) is 9.59 Å². The molecule has 0 saturated heterocycles. The highest BCUT2D eigenvalue weighted by molar-refractivity contribution is 6.35. The number of halogens is 1. The molecular formula is C24H19ClN6O2. The number of carbonyl (C=O) groups is 1. The van der Waals surface area contributed by atoms with Gasteiger partial charge in [0.05, 0.1) is 27.4 Å². The van der Waals surface area contributed by atoms with Crippen molar-refractivity contribution >= 4 is 45.1 Å². The third-order valence-corrected chi connectivity index (χ3v) is 5.89. The average molecular weight is 459 g/mol. The summed E-state index contributed by atoms with van der Waals surface area (Å²) in [5.41, 5.74) is 7.48. The largest absolute Gasteiger partial charge is 0.366 e. The van der Waals surface area contributed by atoms with E-state index >= 15 is 0 Å². The Morgan fingerprint density at radius 3 is 2.67 bits per heavy atom. The highest BCUT2D eigenvalue weighted by atomic mass is 35.5. The van der Waals surface area contributed by atoms with E-state index in [2.05, 4.69) is 20.3 Å². The molecule has 5 rings (SSSR count). The lowest BCUT2D eigenvalue weighted by atomic mass is 10.1. The first kappa shape index (κ1) is 20.7. The SMILES string of the molecule is C[C@H](Nc1ncnc2[nH]cc(C(N)=O)c12)c1cc2cccc(Cl)c2c(=O)n1-c1ccccc1. The number of fused-ring (bicyclic) bond motifs is 2. The molecule has 0 aliphatic heterocycles. The van der Waals surface area contributed by atoms with Crippen LogP contribution in [0.25, 0.3) is 27.5 Å². The predicted molar refractivity (Wildman–Crippen MR) is 129 cm³/mol. The van der Waals surface area contributed by atoms with Gasteiger partial charge in [-0.25, -0.2) is 9.97 Å². The zero-order valence-electron chi connectivity index (χ0n) is 17.5. The Hall–Kier alpha value is -4.17. The second-order valence-corrected chi connectivity index (χ2v) is 8.04. The van der Waals surface area contributed by atoms with Gasteiger partial charge in [-0.2, -0.15) is 0 Å². The molecule has 0 radical (unpaired) electrons. The van der Waals surface area contributed by atoms with Crippen molar-refractivity contribution in [2.75, 3.05) is 5.32 Å². The molecule has 0 bridgehead atoms.